The van der Waals surface area contributed by atoms with Crippen molar-refractivity contribution in [1.82, 2.24) is 5.32 Å². The van der Waals surface area contributed by atoms with Crippen molar-refractivity contribution in [2.45, 2.75) is 19.6 Å². The van der Waals surface area contributed by atoms with Gasteiger partial charge < -0.3 is 14.8 Å². The van der Waals surface area contributed by atoms with Gasteiger partial charge in [0, 0.05) is 12.5 Å². The van der Waals surface area contributed by atoms with Crippen molar-refractivity contribution in [2.75, 3.05) is 13.1 Å². The number of hydrogen-bond acceptors (Lipinski definition) is 3. The van der Waals surface area contributed by atoms with Gasteiger partial charge in [-0.05, 0) is 37.6 Å². The molecule has 0 saturated carbocycles. The molecule has 3 heteroatoms. The van der Waals surface area contributed by atoms with Gasteiger partial charge in [-0.1, -0.05) is 6.07 Å². The maximum atomic E-state index is 5.81. The van der Waals surface area contributed by atoms with Gasteiger partial charge in [0.1, 0.15) is 0 Å². The standard InChI is InChI=1S/C12H15NO2/c1-8-2-3-10-11(6-8)15-12(14-10)9-4-5-13-7-9/h2-3,6,9,12-13H,4-5,7H2,1H3. The Morgan fingerprint density at radius 2 is 2.13 bits per heavy atom. The molecule has 0 spiro atoms. The second-order valence-electron chi connectivity index (χ2n) is 4.31. The van der Waals surface area contributed by atoms with Gasteiger partial charge >= 0.3 is 0 Å². The van der Waals surface area contributed by atoms with Gasteiger partial charge in [0.05, 0.1) is 0 Å². The molecule has 2 aliphatic heterocycles. The Bertz CT molecular complexity index is 372. The molecule has 1 fully saturated rings. The van der Waals surface area contributed by atoms with E-state index in [9.17, 15) is 0 Å². The summed E-state index contributed by atoms with van der Waals surface area (Å²) in [5.41, 5.74) is 1.21. The summed E-state index contributed by atoms with van der Waals surface area (Å²) < 4.78 is 11.6. The van der Waals surface area contributed by atoms with Crippen LogP contribution in [0.1, 0.15) is 12.0 Å². The summed E-state index contributed by atoms with van der Waals surface area (Å²) in [5, 5.41) is 3.33. The maximum absolute atomic E-state index is 5.81. The summed E-state index contributed by atoms with van der Waals surface area (Å²) in [6, 6.07) is 6.09. The van der Waals surface area contributed by atoms with Crippen molar-refractivity contribution in [2.24, 2.45) is 5.92 Å². The fraction of sp³-hybridized carbons (Fsp3) is 0.500. The van der Waals surface area contributed by atoms with Crippen LogP contribution in [0.25, 0.3) is 0 Å². The van der Waals surface area contributed by atoms with E-state index in [4.69, 9.17) is 9.47 Å². The summed E-state index contributed by atoms with van der Waals surface area (Å²) in [6.07, 6.45) is 1.05. The van der Waals surface area contributed by atoms with Gasteiger partial charge in [-0.3, -0.25) is 0 Å². The van der Waals surface area contributed by atoms with Gasteiger partial charge in [0.15, 0.2) is 11.5 Å². The maximum Gasteiger partial charge on any atom is 0.245 e. The molecule has 80 valence electrons. The molecule has 1 aromatic carbocycles. The van der Waals surface area contributed by atoms with Gasteiger partial charge in [0.2, 0.25) is 6.29 Å². The summed E-state index contributed by atoms with van der Waals surface area (Å²) in [4.78, 5) is 0. The molecule has 15 heavy (non-hydrogen) atoms. The third kappa shape index (κ3) is 1.57. The van der Waals surface area contributed by atoms with Crippen LogP contribution in [0.5, 0.6) is 11.5 Å². The minimum Gasteiger partial charge on any atom is -0.451 e. The minimum absolute atomic E-state index is 0.0863. The fourth-order valence-electron chi connectivity index (χ4n) is 2.18. The summed E-state index contributed by atoms with van der Waals surface area (Å²) in [5.74, 6) is 2.27. The highest BCUT2D eigenvalue weighted by Gasteiger charge is 2.33. The lowest BCUT2D eigenvalue weighted by Crippen LogP contribution is -2.30. The Hall–Kier alpha value is -1.22. The smallest absolute Gasteiger partial charge is 0.245 e. The normalized spacial score (nSPS) is 28.3. The van der Waals surface area contributed by atoms with Crippen LogP contribution in [0, 0.1) is 12.8 Å². The molecule has 1 aromatic rings. The molecule has 0 aliphatic carbocycles. The molecule has 1 saturated heterocycles. The Morgan fingerprint density at radius 1 is 1.27 bits per heavy atom. The van der Waals surface area contributed by atoms with Crippen LogP contribution >= 0.6 is 0 Å². The van der Waals surface area contributed by atoms with Gasteiger partial charge in [-0.2, -0.15) is 0 Å². The van der Waals surface area contributed by atoms with E-state index < -0.39 is 0 Å². The zero-order valence-corrected chi connectivity index (χ0v) is 8.82. The number of hydrogen-bond donors (Lipinski definition) is 1. The molecule has 2 atom stereocenters. The lowest BCUT2D eigenvalue weighted by Gasteiger charge is -2.15. The van der Waals surface area contributed by atoms with Gasteiger partial charge in [-0.25, -0.2) is 0 Å². The van der Waals surface area contributed by atoms with Crippen LogP contribution in [0.15, 0.2) is 18.2 Å². The number of aryl methyl sites for hydroxylation is 1. The van der Waals surface area contributed by atoms with Crippen molar-refractivity contribution in [3.05, 3.63) is 23.8 Å². The number of benzene rings is 1. The molecule has 3 rings (SSSR count). The molecule has 2 aliphatic rings. The van der Waals surface area contributed by atoms with E-state index in [1.165, 1.54) is 5.56 Å². The van der Waals surface area contributed by atoms with Crippen LogP contribution < -0.4 is 14.8 Å². The zero-order valence-electron chi connectivity index (χ0n) is 8.82. The Morgan fingerprint density at radius 3 is 2.93 bits per heavy atom. The molecule has 2 heterocycles. The van der Waals surface area contributed by atoms with E-state index in [2.05, 4.69) is 18.3 Å². The number of nitrogens with one attached hydrogen (secondary N) is 1. The molecule has 0 radical (unpaired) electrons. The first-order valence-electron chi connectivity index (χ1n) is 5.47. The third-order valence-electron chi connectivity index (χ3n) is 3.07. The number of rotatable bonds is 1. The molecule has 3 nitrogen and oxygen atoms in total. The predicted octanol–water partition coefficient (Wildman–Crippen LogP) is 1.70. The monoisotopic (exact) mass is 205 g/mol. The lowest BCUT2D eigenvalue weighted by atomic mass is 10.1. The Kier molecular flexibility index (Phi) is 2.06. The van der Waals surface area contributed by atoms with E-state index in [0.29, 0.717) is 5.92 Å². The van der Waals surface area contributed by atoms with E-state index in [-0.39, 0.29) is 6.29 Å². The van der Waals surface area contributed by atoms with Crippen molar-refractivity contribution in [3.8, 4) is 11.5 Å². The third-order valence-corrected chi connectivity index (χ3v) is 3.07. The Labute approximate surface area is 89.4 Å². The first-order valence-corrected chi connectivity index (χ1v) is 5.47. The first kappa shape index (κ1) is 9.04. The highest BCUT2D eigenvalue weighted by molar-refractivity contribution is 5.44. The fourth-order valence-corrected chi connectivity index (χ4v) is 2.18. The lowest BCUT2D eigenvalue weighted by molar-refractivity contribution is 0.00319. The van der Waals surface area contributed by atoms with Gasteiger partial charge in [-0.15, -0.1) is 0 Å². The van der Waals surface area contributed by atoms with E-state index in [1.807, 2.05) is 12.1 Å². The second kappa shape index (κ2) is 3.42. The molecule has 0 amide bonds. The summed E-state index contributed by atoms with van der Waals surface area (Å²) in [7, 11) is 0. The first-order chi connectivity index (χ1) is 7.33. The highest BCUT2D eigenvalue weighted by atomic mass is 16.7. The van der Waals surface area contributed by atoms with E-state index in [0.717, 1.165) is 31.0 Å². The molecular formula is C12H15NO2. The quantitative estimate of drug-likeness (QED) is 0.757. The van der Waals surface area contributed by atoms with Crippen LogP contribution in [0.2, 0.25) is 0 Å². The highest BCUT2D eigenvalue weighted by Crippen LogP contribution is 2.38. The SMILES string of the molecule is Cc1ccc2c(c1)OC(C1CCNC1)O2. The van der Waals surface area contributed by atoms with Gasteiger partial charge in [0.25, 0.3) is 0 Å². The van der Waals surface area contributed by atoms with Crippen LogP contribution in [0.4, 0.5) is 0 Å². The predicted molar refractivity (Wildman–Crippen MR) is 57.2 cm³/mol. The number of ether oxygens (including phenoxy) is 2. The molecule has 0 bridgehead atoms. The van der Waals surface area contributed by atoms with E-state index >= 15 is 0 Å². The van der Waals surface area contributed by atoms with Crippen molar-refractivity contribution in [3.63, 3.8) is 0 Å². The summed E-state index contributed by atoms with van der Waals surface area (Å²) in [6.45, 7) is 4.13. The molecule has 2 unspecified atom stereocenters. The average molecular weight is 205 g/mol. The molecule has 0 aromatic heterocycles. The van der Waals surface area contributed by atoms with Crippen LogP contribution in [-0.4, -0.2) is 19.4 Å². The van der Waals surface area contributed by atoms with Crippen LogP contribution in [-0.2, 0) is 0 Å². The Balaban J connectivity index is 1.79. The van der Waals surface area contributed by atoms with Crippen LogP contribution in [0.3, 0.4) is 0 Å². The largest absolute Gasteiger partial charge is 0.451 e. The van der Waals surface area contributed by atoms with Crippen molar-refractivity contribution >= 4 is 0 Å². The molecular weight excluding hydrogens is 190 g/mol. The van der Waals surface area contributed by atoms with E-state index in [1.54, 1.807) is 0 Å². The topological polar surface area (TPSA) is 30.5 Å². The van der Waals surface area contributed by atoms with Crippen molar-refractivity contribution < 1.29 is 9.47 Å². The summed E-state index contributed by atoms with van der Waals surface area (Å²) >= 11 is 0. The number of fused-ring (bicyclic) bond motifs is 1. The molecule has 1 N–H and O–H groups in total. The minimum atomic E-state index is -0.0863. The zero-order chi connectivity index (χ0) is 10.3. The average Bonchev–Trinajstić information content (AvgIpc) is 2.84. The van der Waals surface area contributed by atoms with Crippen molar-refractivity contribution in [1.29, 1.82) is 0 Å². The second-order valence-corrected chi connectivity index (χ2v) is 4.31.